The molecule has 0 saturated carbocycles. The molecule has 0 radical (unpaired) electrons. The van der Waals surface area contributed by atoms with Crippen molar-refractivity contribution >= 4 is 5.69 Å². The molecule has 0 aliphatic carbocycles. The minimum atomic E-state index is -0.183. The summed E-state index contributed by atoms with van der Waals surface area (Å²) in [6.45, 7) is 8.50. The first-order valence-electron chi connectivity index (χ1n) is 6.29. The largest absolute Gasteiger partial charge is 0.491 e. The van der Waals surface area contributed by atoms with Crippen molar-refractivity contribution in [3.8, 4) is 17.2 Å². The highest BCUT2D eigenvalue weighted by Gasteiger charge is 2.23. The van der Waals surface area contributed by atoms with Gasteiger partial charge in [0, 0.05) is 5.41 Å². The number of nitrogens with two attached hydrogens (primary N) is 1. The summed E-state index contributed by atoms with van der Waals surface area (Å²) in [5.74, 6) is 1.61. The minimum absolute atomic E-state index is 0.183. The molecule has 0 fully saturated rings. The van der Waals surface area contributed by atoms with Crippen LogP contribution in [0.5, 0.6) is 5.75 Å². The maximum absolute atomic E-state index is 5.92. The Kier molecular flexibility index (Phi) is 3.46. The summed E-state index contributed by atoms with van der Waals surface area (Å²) in [5.41, 5.74) is 7.03. The second kappa shape index (κ2) is 4.91. The maximum Gasteiger partial charge on any atom is 0.251 e. The second-order valence-electron chi connectivity index (χ2n) is 5.32. The Bertz CT molecular complexity index is 570. The number of anilines is 1. The van der Waals surface area contributed by atoms with E-state index in [0.29, 0.717) is 29.8 Å². The summed E-state index contributed by atoms with van der Waals surface area (Å²) < 4.78 is 11.3. The third kappa shape index (κ3) is 2.70. The van der Waals surface area contributed by atoms with E-state index in [9.17, 15) is 0 Å². The van der Waals surface area contributed by atoms with E-state index in [4.69, 9.17) is 14.9 Å². The number of ether oxygens (including phenoxy) is 1. The predicted molar refractivity (Wildman–Crippen MR) is 74.0 cm³/mol. The Morgan fingerprint density at radius 1 is 1.26 bits per heavy atom. The lowest BCUT2D eigenvalue weighted by Gasteiger charge is -2.12. The normalized spacial score (nSPS) is 11.6. The second-order valence-corrected chi connectivity index (χ2v) is 5.32. The number of rotatable bonds is 3. The SMILES string of the molecule is CCOc1c(N)cccc1-c1nnc(C(C)(C)C)o1. The molecule has 2 rings (SSSR count). The van der Waals surface area contributed by atoms with Crippen molar-refractivity contribution in [3.63, 3.8) is 0 Å². The molecule has 0 spiro atoms. The fourth-order valence-electron chi connectivity index (χ4n) is 1.66. The molecule has 2 N–H and O–H groups in total. The lowest BCUT2D eigenvalue weighted by molar-refractivity contribution is 0.341. The van der Waals surface area contributed by atoms with Crippen molar-refractivity contribution in [3.05, 3.63) is 24.1 Å². The Labute approximate surface area is 112 Å². The van der Waals surface area contributed by atoms with Gasteiger partial charge >= 0.3 is 0 Å². The first-order valence-corrected chi connectivity index (χ1v) is 6.29. The van der Waals surface area contributed by atoms with Gasteiger partial charge in [-0.3, -0.25) is 0 Å². The average molecular weight is 261 g/mol. The molecule has 0 unspecified atom stereocenters. The third-order valence-corrected chi connectivity index (χ3v) is 2.63. The van der Waals surface area contributed by atoms with E-state index in [0.717, 1.165) is 5.56 Å². The van der Waals surface area contributed by atoms with Gasteiger partial charge in [0.25, 0.3) is 5.89 Å². The summed E-state index contributed by atoms with van der Waals surface area (Å²) >= 11 is 0. The van der Waals surface area contributed by atoms with Crippen LogP contribution in [0.15, 0.2) is 22.6 Å². The lowest BCUT2D eigenvalue weighted by atomic mass is 9.97. The summed E-state index contributed by atoms with van der Waals surface area (Å²) in [7, 11) is 0. The Balaban J connectivity index is 2.47. The van der Waals surface area contributed by atoms with Crippen molar-refractivity contribution in [2.24, 2.45) is 0 Å². The topological polar surface area (TPSA) is 74.2 Å². The van der Waals surface area contributed by atoms with Crippen LogP contribution in [-0.4, -0.2) is 16.8 Å². The molecular formula is C14H19N3O2. The first-order chi connectivity index (χ1) is 8.93. The molecular weight excluding hydrogens is 242 g/mol. The Morgan fingerprint density at radius 2 is 2.00 bits per heavy atom. The standard InChI is InChI=1S/C14H19N3O2/c1-5-18-11-9(7-6-8-10(11)15)12-16-17-13(19-12)14(2,3)4/h6-8H,5,15H2,1-4H3. The lowest BCUT2D eigenvalue weighted by Crippen LogP contribution is -2.11. The van der Waals surface area contributed by atoms with Crippen molar-refractivity contribution in [1.82, 2.24) is 10.2 Å². The highest BCUT2D eigenvalue weighted by Crippen LogP contribution is 2.35. The number of para-hydroxylation sites is 1. The summed E-state index contributed by atoms with van der Waals surface area (Å²) in [5, 5.41) is 8.17. The van der Waals surface area contributed by atoms with Gasteiger partial charge in [0.05, 0.1) is 17.9 Å². The van der Waals surface area contributed by atoms with Gasteiger partial charge in [-0.25, -0.2) is 0 Å². The monoisotopic (exact) mass is 261 g/mol. The molecule has 0 atom stereocenters. The zero-order valence-corrected chi connectivity index (χ0v) is 11.7. The van der Waals surface area contributed by atoms with Crippen molar-refractivity contribution in [1.29, 1.82) is 0 Å². The van der Waals surface area contributed by atoms with Gasteiger partial charge in [-0.15, -0.1) is 10.2 Å². The minimum Gasteiger partial charge on any atom is -0.491 e. The van der Waals surface area contributed by atoms with E-state index in [2.05, 4.69) is 10.2 Å². The van der Waals surface area contributed by atoms with Crippen LogP contribution in [0.3, 0.4) is 0 Å². The molecule has 2 aromatic rings. The van der Waals surface area contributed by atoms with Crippen molar-refractivity contribution in [2.75, 3.05) is 12.3 Å². The van der Waals surface area contributed by atoms with Gasteiger partial charge in [-0.1, -0.05) is 26.8 Å². The molecule has 1 aromatic carbocycles. The molecule has 0 bridgehead atoms. The number of nitrogens with zero attached hydrogens (tertiary/aromatic N) is 2. The number of nitrogen functional groups attached to an aromatic ring is 1. The Morgan fingerprint density at radius 3 is 2.58 bits per heavy atom. The van der Waals surface area contributed by atoms with E-state index >= 15 is 0 Å². The fourth-order valence-corrected chi connectivity index (χ4v) is 1.66. The fraction of sp³-hybridized carbons (Fsp3) is 0.429. The Hall–Kier alpha value is -2.04. The van der Waals surface area contributed by atoms with E-state index in [1.807, 2.05) is 39.8 Å². The van der Waals surface area contributed by atoms with Crippen LogP contribution in [0.25, 0.3) is 11.5 Å². The number of hydrogen-bond donors (Lipinski definition) is 1. The van der Waals surface area contributed by atoms with Crippen LogP contribution in [0, 0.1) is 0 Å². The van der Waals surface area contributed by atoms with Gasteiger partial charge in [0.15, 0.2) is 5.75 Å². The average Bonchev–Trinajstić information content (AvgIpc) is 2.81. The van der Waals surface area contributed by atoms with Gasteiger partial charge < -0.3 is 14.9 Å². The van der Waals surface area contributed by atoms with Crippen LogP contribution >= 0.6 is 0 Å². The third-order valence-electron chi connectivity index (χ3n) is 2.63. The smallest absolute Gasteiger partial charge is 0.251 e. The van der Waals surface area contributed by atoms with E-state index in [1.165, 1.54) is 0 Å². The first kappa shape index (κ1) is 13.4. The zero-order valence-electron chi connectivity index (χ0n) is 11.7. The molecule has 0 amide bonds. The summed E-state index contributed by atoms with van der Waals surface area (Å²) in [6.07, 6.45) is 0. The number of hydrogen-bond acceptors (Lipinski definition) is 5. The maximum atomic E-state index is 5.92. The molecule has 0 saturated heterocycles. The summed E-state index contributed by atoms with van der Waals surface area (Å²) in [6, 6.07) is 5.49. The van der Waals surface area contributed by atoms with Gasteiger partial charge in [-0.2, -0.15) is 0 Å². The van der Waals surface area contributed by atoms with Crippen LogP contribution in [0.1, 0.15) is 33.6 Å². The molecule has 19 heavy (non-hydrogen) atoms. The summed E-state index contributed by atoms with van der Waals surface area (Å²) in [4.78, 5) is 0. The van der Waals surface area contributed by atoms with Gasteiger partial charge in [0.2, 0.25) is 5.89 Å². The van der Waals surface area contributed by atoms with Crippen molar-refractivity contribution in [2.45, 2.75) is 33.1 Å². The van der Waals surface area contributed by atoms with E-state index < -0.39 is 0 Å². The molecule has 1 heterocycles. The van der Waals surface area contributed by atoms with Crippen LogP contribution in [0.4, 0.5) is 5.69 Å². The van der Waals surface area contributed by atoms with Gasteiger partial charge in [0.1, 0.15) is 0 Å². The number of benzene rings is 1. The molecule has 102 valence electrons. The number of aromatic nitrogens is 2. The van der Waals surface area contributed by atoms with Gasteiger partial charge in [-0.05, 0) is 19.1 Å². The predicted octanol–water partition coefficient (Wildman–Crippen LogP) is 3.02. The highest BCUT2D eigenvalue weighted by molar-refractivity contribution is 5.72. The zero-order chi connectivity index (χ0) is 14.0. The van der Waals surface area contributed by atoms with Crippen LogP contribution in [-0.2, 0) is 5.41 Å². The van der Waals surface area contributed by atoms with E-state index in [-0.39, 0.29) is 5.41 Å². The van der Waals surface area contributed by atoms with E-state index in [1.54, 1.807) is 6.07 Å². The quantitative estimate of drug-likeness (QED) is 0.860. The van der Waals surface area contributed by atoms with Crippen molar-refractivity contribution < 1.29 is 9.15 Å². The van der Waals surface area contributed by atoms with Crippen LogP contribution in [0.2, 0.25) is 0 Å². The molecule has 0 aliphatic heterocycles. The van der Waals surface area contributed by atoms with Crippen LogP contribution < -0.4 is 10.5 Å². The molecule has 0 aliphatic rings. The molecule has 5 nitrogen and oxygen atoms in total. The molecule has 5 heteroatoms. The molecule has 1 aromatic heterocycles. The highest BCUT2D eigenvalue weighted by atomic mass is 16.5.